The fraction of sp³-hybridized carbons (Fsp3) is 0.412. The molecule has 124 valence electrons. The number of aromatic amines is 1. The van der Waals surface area contributed by atoms with Crippen LogP contribution in [0.3, 0.4) is 0 Å². The number of nitrogens with one attached hydrogen (secondary N) is 1. The maximum Gasteiger partial charge on any atom is 0.195 e. The highest BCUT2D eigenvalue weighted by atomic mass is 35.5. The number of halogens is 1. The van der Waals surface area contributed by atoms with E-state index in [1.165, 1.54) is 0 Å². The van der Waals surface area contributed by atoms with Gasteiger partial charge in [0.2, 0.25) is 0 Å². The normalized spacial score (nSPS) is 11.0. The summed E-state index contributed by atoms with van der Waals surface area (Å²) in [5.41, 5.74) is 3.09. The summed E-state index contributed by atoms with van der Waals surface area (Å²) in [4.78, 5) is 0. The van der Waals surface area contributed by atoms with Crippen LogP contribution in [0.5, 0.6) is 5.75 Å². The Morgan fingerprint density at radius 3 is 2.78 bits per heavy atom. The van der Waals surface area contributed by atoms with Crippen LogP contribution in [0.2, 0.25) is 5.02 Å². The van der Waals surface area contributed by atoms with Gasteiger partial charge in [0.15, 0.2) is 10.6 Å². The number of H-pyrrole nitrogens is 1. The van der Waals surface area contributed by atoms with Crippen molar-refractivity contribution in [3.63, 3.8) is 0 Å². The largest absolute Gasteiger partial charge is 0.485 e. The van der Waals surface area contributed by atoms with Crippen LogP contribution in [0, 0.1) is 11.7 Å². The number of nitrogens with zero attached hydrogens (tertiary/aromatic N) is 2. The molecule has 0 unspecified atom stereocenters. The topological polar surface area (TPSA) is 42.8 Å². The molecule has 0 amide bonds. The molecular formula is C17H22ClN3OS. The molecule has 0 aliphatic heterocycles. The number of hydrogen-bond donors (Lipinski definition) is 1. The highest BCUT2D eigenvalue weighted by Crippen LogP contribution is 2.32. The molecule has 1 heterocycles. The number of hydrogen-bond acceptors (Lipinski definition) is 3. The van der Waals surface area contributed by atoms with E-state index in [-0.39, 0.29) is 0 Å². The molecule has 0 radical (unpaired) electrons. The molecular weight excluding hydrogens is 330 g/mol. The van der Waals surface area contributed by atoms with Crippen molar-refractivity contribution < 1.29 is 4.74 Å². The highest BCUT2D eigenvalue weighted by molar-refractivity contribution is 7.71. The van der Waals surface area contributed by atoms with Crippen LogP contribution in [0.15, 0.2) is 24.3 Å². The zero-order valence-corrected chi connectivity index (χ0v) is 15.5. The first-order valence-corrected chi connectivity index (χ1v) is 8.29. The van der Waals surface area contributed by atoms with Crippen molar-refractivity contribution in [3.8, 4) is 5.75 Å². The lowest BCUT2D eigenvalue weighted by atomic mass is 10.0. The Hall–Kier alpha value is -1.59. The standard InChI is InChI=1S/C17H22ClN3OS/c1-10(2)8-21-16(19-20-17(21)23)9-22-15-6-12(5)14(18)7-13(15)11(3)4/h6-7,11H,1,8-9H2,2-5H3,(H,20,23). The van der Waals surface area contributed by atoms with Gasteiger partial charge in [-0.3, -0.25) is 9.67 Å². The molecule has 4 nitrogen and oxygen atoms in total. The average molecular weight is 352 g/mol. The number of allylic oxidation sites excluding steroid dienone is 1. The second kappa shape index (κ2) is 7.32. The van der Waals surface area contributed by atoms with E-state index >= 15 is 0 Å². The fourth-order valence-corrected chi connectivity index (χ4v) is 2.67. The second-order valence-electron chi connectivity index (χ2n) is 6.07. The summed E-state index contributed by atoms with van der Waals surface area (Å²) in [6.45, 7) is 13.0. The molecule has 0 fully saturated rings. The molecule has 6 heteroatoms. The maximum absolute atomic E-state index is 6.23. The predicted octanol–water partition coefficient (Wildman–Crippen LogP) is 5.18. The Morgan fingerprint density at radius 1 is 1.48 bits per heavy atom. The molecule has 0 atom stereocenters. The van der Waals surface area contributed by atoms with Gasteiger partial charge in [-0.15, -0.1) is 0 Å². The van der Waals surface area contributed by atoms with Gasteiger partial charge in [0.25, 0.3) is 0 Å². The zero-order valence-electron chi connectivity index (χ0n) is 13.9. The molecule has 1 aromatic carbocycles. The van der Waals surface area contributed by atoms with Gasteiger partial charge in [-0.2, -0.15) is 5.10 Å². The van der Waals surface area contributed by atoms with Crippen molar-refractivity contribution in [2.24, 2.45) is 0 Å². The Labute approximate surface area is 147 Å². The minimum atomic E-state index is 0.319. The summed E-state index contributed by atoms with van der Waals surface area (Å²) in [5, 5.41) is 7.82. The lowest BCUT2D eigenvalue weighted by Gasteiger charge is -2.16. The summed E-state index contributed by atoms with van der Waals surface area (Å²) < 4.78 is 8.49. The van der Waals surface area contributed by atoms with E-state index in [9.17, 15) is 0 Å². The van der Waals surface area contributed by atoms with Crippen LogP contribution in [0.4, 0.5) is 0 Å². The SMILES string of the molecule is C=C(C)Cn1c(COc2cc(C)c(Cl)cc2C(C)C)n[nH]c1=S. The molecule has 1 aromatic heterocycles. The van der Waals surface area contributed by atoms with Crippen molar-refractivity contribution in [3.05, 3.63) is 51.0 Å². The lowest BCUT2D eigenvalue weighted by molar-refractivity contribution is 0.285. The molecule has 23 heavy (non-hydrogen) atoms. The number of rotatable bonds is 6. The molecule has 0 bridgehead atoms. The van der Waals surface area contributed by atoms with Gasteiger partial charge in [-0.05, 0) is 55.2 Å². The van der Waals surface area contributed by atoms with E-state index in [2.05, 4.69) is 30.6 Å². The van der Waals surface area contributed by atoms with Crippen molar-refractivity contribution in [1.29, 1.82) is 0 Å². The van der Waals surface area contributed by atoms with Gasteiger partial charge in [0, 0.05) is 11.6 Å². The average Bonchev–Trinajstić information content (AvgIpc) is 2.80. The summed E-state index contributed by atoms with van der Waals surface area (Å²) >= 11 is 11.5. The minimum absolute atomic E-state index is 0.319. The first kappa shape index (κ1) is 17.8. The molecule has 0 aliphatic carbocycles. The van der Waals surface area contributed by atoms with E-state index in [4.69, 9.17) is 28.6 Å². The summed E-state index contributed by atoms with van der Waals surface area (Å²) in [7, 11) is 0. The molecule has 0 saturated carbocycles. The number of aromatic nitrogens is 3. The van der Waals surface area contributed by atoms with Crippen LogP contribution >= 0.6 is 23.8 Å². The fourth-order valence-electron chi connectivity index (χ4n) is 2.28. The first-order chi connectivity index (χ1) is 10.8. The lowest BCUT2D eigenvalue weighted by Crippen LogP contribution is -2.09. The van der Waals surface area contributed by atoms with Crippen LogP contribution in [0.25, 0.3) is 0 Å². The van der Waals surface area contributed by atoms with E-state index < -0.39 is 0 Å². The quantitative estimate of drug-likeness (QED) is 0.576. The molecule has 0 spiro atoms. The second-order valence-corrected chi connectivity index (χ2v) is 6.86. The molecule has 0 saturated heterocycles. The molecule has 2 rings (SSSR count). The number of ether oxygens (including phenoxy) is 1. The van der Waals surface area contributed by atoms with Crippen molar-refractivity contribution in [1.82, 2.24) is 14.8 Å². The Kier molecular flexibility index (Phi) is 5.65. The van der Waals surface area contributed by atoms with Gasteiger partial charge in [0.05, 0.1) is 0 Å². The minimum Gasteiger partial charge on any atom is -0.485 e. The van der Waals surface area contributed by atoms with E-state index in [0.717, 1.165) is 33.3 Å². The van der Waals surface area contributed by atoms with Gasteiger partial charge >= 0.3 is 0 Å². The van der Waals surface area contributed by atoms with Gasteiger partial charge in [-0.1, -0.05) is 37.6 Å². The highest BCUT2D eigenvalue weighted by Gasteiger charge is 2.13. The van der Waals surface area contributed by atoms with Crippen molar-refractivity contribution in [2.75, 3.05) is 0 Å². The van der Waals surface area contributed by atoms with Gasteiger partial charge in [-0.25, -0.2) is 0 Å². The third kappa shape index (κ3) is 4.24. The van der Waals surface area contributed by atoms with Crippen LogP contribution in [-0.2, 0) is 13.2 Å². The third-order valence-electron chi connectivity index (χ3n) is 3.54. The smallest absolute Gasteiger partial charge is 0.195 e. The number of aryl methyl sites for hydroxylation is 1. The van der Waals surface area contributed by atoms with Crippen LogP contribution in [0.1, 0.15) is 43.6 Å². The van der Waals surface area contributed by atoms with E-state index in [0.29, 0.717) is 23.8 Å². The number of benzene rings is 1. The zero-order chi connectivity index (χ0) is 17.1. The Balaban J connectivity index is 2.27. The van der Waals surface area contributed by atoms with Crippen LogP contribution < -0.4 is 4.74 Å². The first-order valence-electron chi connectivity index (χ1n) is 7.51. The van der Waals surface area contributed by atoms with Crippen molar-refractivity contribution >= 4 is 23.8 Å². The summed E-state index contributed by atoms with van der Waals surface area (Å²) in [5.74, 6) is 1.90. The molecule has 2 aromatic rings. The third-order valence-corrected chi connectivity index (χ3v) is 4.25. The van der Waals surface area contributed by atoms with Crippen LogP contribution in [-0.4, -0.2) is 14.8 Å². The van der Waals surface area contributed by atoms with E-state index in [1.807, 2.05) is 30.5 Å². The van der Waals surface area contributed by atoms with E-state index in [1.54, 1.807) is 0 Å². The summed E-state index contributed by atoms with van der Waals surface area (Å²) in [6.07, 6.45) is 0. The Morgan fingerprint density at radius 2 is 2.17 bits per heavy atom. The van der Waals surface area contributed by atoms with Gasteiger partial charge < -0.3 is 4.74 Å². The Bertz CT molecular complexity index is 777. The predicted molar refractivity (Wildman–Crippen MR) is 96.8 cm³/mol. The molecule has 0 aliphatic rings. The monoisotopic (exact) mass is 351 g/mol. The van der Waals surface area contributed by atoms with Gasteiger partial charge in [0.1, 0.15) is 12.4 Å². The molecule has 1 N–H and O–H groups in total. The summed E-state index contributed by atoms with van der Waals surface area (Å²) in [6, 6.07) is 3.95. The maximum atomic E-state index is 6.23. The van der Waals surface area contributed by atoms with Crippen molar-refractivity contribution in [2.45, 2.75) is 46.8 Å².